The minimum Gasteiger partial charge on any atom is -0.491 e. The molecule has 0 fully saturated rings. The van der Waals surface area contributed by atoms with Crippen molar-refractivity contribution in [2.75, 3.05) is 6.61 Å². The summed E-state index contributed by atoms with van der Waals surface area (Å²) in [4.78, 5) is 33.9. The molecule has 3 heterocycles. The van der Waals surface area contributed by atoms with Gasteiger partial charge in [-0.15, -0.1) is 0 Å². The number of aromatic nitrogens is 4. The zero-order valence-corrected chi connectivity index (χ0v) is 25.4. The summed E-state index contributed by atoms with van der Waals surface area (Å²) in [6.45, 7) is 7.04. The van der Waals surface area contributed by atoms with Crippen LogP contribution in [0.2, 0.25) is 0 Å². The number of nitrogens with zero attached hydrogens (tertiary/aromatic N) is 5. The van der Waals surface area contributed by atoms with Gasteiger partial charge in [0, 0.05) is 27.3 Å². The molecule has 4 aromatic rings. The van der Waals surface area contributed by atoms with E-state index >= 15 is 0 Å². The number of carbonyl (C=O) groups excluding carboxylic acids is 1. The largest absolute Gasteiger partial charge is 0.491 e. The number of ether oxygens (including phenoxy) is 1. The molecule has 0 saturated carbocycles. The molecule has 13 heteroatoms. The lowest BCUT2D eigenvalue weighted by Gasteiger charge is -2.34. The molecule has 2 atom stereocenters. The Kier molecular flexibility index (Phi) is 8.23. The van der Waals surface area contributed by atoms with E-state index in [0.717, 1.165) is 11.8 Å². The molecule has 1 amide bonds. The van der Waals surface area contributed by atoms with E-state index in [1.165, 1.54) is 21.6 Å². The predicted octanol–water partition coefficient (Wildman–Crippen LogP) is 5.16. The number of aryl methyl sites for hydroxylation is 2. The topological polar surface area (TPSA) is 102 Å². The van der Waals surface area contributed by atoms with Gasteiger partial charge < -0.3 is 14.7 Å². The fourth-order valence-electron chi connectivity index (χ4n) is 5.07. The summed E-state index contributed by atoms with van der Waals surface area (Å²) in [5.41, 5.74) is 1.29. The lowest BCUT2D eigenvalue weighted by molar-refractivity contribution is -0.138. The Morgan fingerprint density at radius 2 is 1.86 bits per heavy atom. The Morgan fingerprint density at radius 1 is 1.16 bits per heavy atom. The van der Waals surface area contributed by atoms with Crippen LogP contribution in [-0.4, -0.2) is 54.0 Å². The summed E-state index contributed by atoms with van der Waals surface area (Å²) in [6, 6.07) is 11.5. The number of hydrogen-bond donors (Lipinski definition) is 1. The molecular weight excluding hydrogens is 631 g/mol. The summed E-state index contributed by atoms with van der Waals surface area (Å²) >= 11 is 2.92. The molecule has 0 bridgehead atoms. The molecule has 0 spiro atoms. The van der Waals surface area contributed by atoms with E-state index in [9.17, 15) is 27.9 Å². The second-order valence-electron chi connectivity index (χ2n) is 10.6. The Bertz CT molecular complexity index is 1750. The van der Waals surface area contributed by atoms with Crippen LogP contribution in [0.3, 0.4) is 0 Å². The number of aliphatic hydroxyl groups excluding tert-OH is 1. The van der Waals surface area contributed by atoms with Crippen molar-refractivity contribution in [3.8, 4) is 17.4 Å². The van der Waals surface area contributed by atoms with Crippen LogP contribution in [0.4, 0.5) is 13.2 Å². The molecule has 0 radical (unpaired) electrons. The maximum absolute atomic E-state index is 14.1. The number of halogens is 4. The third-order valence-corrected chi connectivity index (χ3v) is 7.85. The van der Waals surface area contributed by atoms with E-state index in [0.29, 0.717) is 28.4 Å². The number of fused-ring (bicyclic) bond motifs is 1. The van der Waals surface area contributed by atoms with Crippen molar-refractivity contribution in [3.05, 3.63) is 97.1 Å². The summed E-state index contributed by atoms with van der Waals surface area (Å²) < 4.78 is 49.0. The molecule has 1 aliphatic rings. The highest BCUT2D eigenvalue weighted by molar-refractivity contribution is 9.10. The summed E-state index contributed by atoms with van der Waals surface area (Å²) in [7, 11) is 0. The highest BCUT2D eigenvalue weighted by atomic mass is 79.9. The third-order valence-electron chi connectivity index (χ3n) is 7.16. The van der Waals surface area contributed by atoms with E-state index in [2.05, 4.69) is 21.0 Å². The van der Waals surface area contributed by atoms with Crippen LogP contribution in [0.5, 0.6) is 5.75 Å². The number of alkyl halides is 3. The number of benzene rings is 2. The molecule has 2 aromatic carbocycles. The zero-order chi connectivity index (χ0) is 31.2. The zero-order valence-electron chi connectivity index (χ0n) is 23.8. The van der Waals surface area contributed by atoms with E-state index in [-0.39, 0.29) is 41.1 Å². The Hall–Kier alpha value is -3.97. The summed E-state index contributed by atoms with van der Waals surface area (Å²) in [5, 5.41) is 14.1. The van der Waals surface area contributed by atoms with Crippen LogP contribution in [0.25, 0.3) is 11.6 Å². The van der Waals surface area contributed by atoms with Crippen molar-refractivity contribution >= 4 is 21.8 Å². The van der Waals surface area contributed by atoms with Crippen molar-refractivity contribution < 1.29 is 27.8 Å². The first kappa shape index (κ1) is 30.5. The molecule has 2 aromatic heterocycles. The predicted molar refractivity (Wildman–Crippen MR) is 156 cm³/mol. The first-order chi connectivity index (χ1) is 20.2. The Labute approximate surface area is 253 Å². The van der Waals surface area contributed by atoms with E-state index in [1.54, 1.807) is 42.8 Å². The fourth-order valence-corrected chi connectivity index (χ4v) is 5.55. The summed E-state index contributed by atoms with van der Waals surface area (Å²) in [6.07, 6.45) is -5.13. The van der Waals surface area contributed by atoms with Crippen molar-refractivity contribution in [3.63, 3.8) is 0 Å². The number of carbonyl (C=O) groups is 1. The molecule has 1 aliphatic heterocycles. The lowest BCUT2D eigenvalue weighted by atomic mass is 9.98. The average Bonchev–Trinajstić information content (AvgIpc) is 3.28. The highest BCUT2D eigenvalue weighted by Crippen LogP contribution is 2.36. The van der Waals surface area contributed by atoms with Crippen LogP contribution >= 0.6 is 15.9 Å². The van der Waals surface area contributed by atoms with Gasteiger partial charge in [0.25, 0.3) is 11.5 Å². The quantitative estimate of drug-likeness (QED) is 0.307. The molecule has 5 rings (SSSR count). The van der Waals surface area contributed by atoms with Gasteiger partial charge in [0.1, 0.15) is 12.4 Å². The van der Waals surface area contributed by atoms with Crippen LogP contribution < -0.4 is 10.3 Å². The normalized spacial score (nSPS) is 15.7. The first-order valence-electron chi connectivity index (χ1n) is 13.5. The van der Waals surface area contributed by atoms with Crippen LogP contribution in [0, 0.1) is 13.8 Å². The second kappa shape index (κ2) is 11.6. The van der Waals surface area contributed by atoms with Gasteiger partial charge in [-0.25, -0.2) is 14.2 Å². The SMILES string of the molecule is Cc1cc(C)n(-c2nc3c(c(=O)n2-c2ccc(OC[C@H](C)O)cc2)C[C@@H](C)N(C(=O)c2ccc(Br)c(C(F)(F)F)c2)C3)n1. The molecular formula is C30H29BrF3N5O4. The van der Waals surface area contributed by atoms with Gasteiger partial charge in [0.15, 0.2) is 0 Å². The highest BCUT2D eigenvalue weighted by Gasteiger charge is 2.36. The number of amides is 1. The molecule has 43 heavy (non-hydrogen) atoms. The molecule has 0 aliphatic carbocycles. The molecule has 0 unspecified atom stereocenters. The van der Waals surface area contributed by atoms with Crippen LogP contribution in [0.15, 0.2) is 57.8 Å². The smallest absolute Gasteiger partial charge is 0.417 e. The standard InChI is InChI=1S/C30H29BrF3N5O4/c1-16-11-18(3)39(36-16)29-35-26-14-37(27(41)20-5-10-25(31)24(13-20)30(32,33)34)17(2)12-23(26)28(42)38(29)21-6-8-22(9-7-21)43-15-19(4)40/h5-11,13,17,19,40H,12,14-15H2,1-4H3/t17-,19+/m1/s1. The van der Waals surface area contributed by atoms with E-state index in [1.807, 2.05) is 19.9 Å². The maximum atomic E-state index is 14.1. The van der Waals surface area contributed by atoms with E-state index in [4.69, 9.17) is 9.72 Å². The molecule has 1 N–H and O–H groups in total. The van der Waals surface area contributed by atoms with Gasteiger partial charge in [-0.2, -0.15) is 18.3 Å². The van der Waals surface area contributed by atoms with Gasteiger partial charge in [-0.05, 0) is 82.6 Å². The Morgan fingerprint density at radius 3 is 2.47 bits per heavy atom. The number of hydrogen-bond acceptors (Lipinski definition) is 6. The van der Waals surface area contributed by atoms with Gasteiger partial charge in [-0.1, -0.05) is 15.9 Å². The lowest BCUT2D eigenvalue weighted by Crippen LogP contribution is -2.46. The average molecular weight is 660 g/mol. The van der Waals surface area contributed by atoms with Gasteiger partial charge in [0.2, 0.25) is 5.95 Å². The van der Waals surface area contributed by atoms with Gasteiger partial charge >= 0.3 is 6.18 Å². The maximum Gasteiger partial charge on any atom is 0.417 e. The van der Waals surface area contributed by atoms with Gasteiger partial charge in [0.05, 0.1) is 35.3 Å². The van der Waals surface area contributed by atoms with Crippen molar-refractivity contribution in [2.24, 2.45) is 0 Å². The number of rotatable bonds is 6. The molecule has 9 nitrogen and oxygen atoms in total. The van der Waals surface area contributed by atoms with Crippen LogP contribution in [-0.2, 0) is 19.1 Å². The molecule has 226 valence electrons. The van der Waals surface area contributed by atoms with Crippen molar-refractivity contribution in [2.45, 2.75) is 59.0 Å². The summed E-state index contributed by atoms with van der Waals surface area (Å²) in [5.74, 6) is 0.125. The minimum absolute atomic E-state index is 0.0682. The van der Waals surface area contributed by atoms with Crippen LogP contribution in [0.1, 0.15) is 52.4 Å². The second-order valence-corrected chi connectivity index (χ2v) is 11.5. The van der Waals surface area contributed by atoms with E-state index < -0.39 is 29.8 Å². The third kappa shape index (κ3) is 6.09. The van der Waals surface area contributed by atoms with Crippen molar-refractivity contribution in [1.82, 2.24) is 24.2 Å². The first-order valence-corrected chi connectivity index (χ1v) is 14.3. The monoisotopic (exact) mass is 659 g/mol. The Balaban J connectivity index is 1.58. The fraction of sp³-hybridized carbons (Fsp3) is 0.333. The molecule has 0 saturated heterocycles. The minimum atomic E-state index is -4.64. The number of aliphatic hydroxyl groups is 1. The van der Waals surface area contributed by atoms with Crippen molar-refractivity contribution in [1.29, 1.82) is 0 Å². The van der Waals surface area contributed by atoms with Gasteiger partial charge in [-0.3, -0.25) is 9.59 Å².